The van der Waals surface area contributed by atoms with E-state index >= 15 is 0 Å². The number of hydrogen-bond acceptors (Lipinski definition) is 1. The highest BCUT2D eigenvalue weighted by Crippen LogP contribution is 2.65. The van der Waals surface area contributed by atoms with Crippen molar-refractivity contribution in [1.29, 1.82) is 0 Å². The van der Waals surface area contributed by atoms with E-state index in [2.05, 4.69) is 27.7 Å². The van der Waals surface area contributed by atoms with Gasteiger partial charge in [-0.25, -0.2) is 0 Å². The Morgan fingerprint density at radius 1 is 0.944 bits per heavy atom. The zero-order valence-corrected chi connectivity index (χ0v) is 12.6. The van der Waals surface area contributed by atoms with E-state index in [-0.39, 0.29) is 5.60 Å². The Balaban J connectivity index is 1.93. The molecule has 1 N–H and O–H groups in total. The molecule has 0 unspecified atom stereocenters. The summed E-state index contributed by atoms with van der Waals surface area (Å²) >= 11 is 0. The number of aliphatic hydroxyl groups is 1. The normalized spacial score (nSPS) is 54.8. The minimum atomic E-state index is -0.380. The van der Waals surface area contributed by atoms with Crippen LogP contribution in [0.2, 0.25) is 0 Å². The highest BCUT2D eigenvalue weighted by Gasteiger charge is 2.58. The van der Waals surface area contributed by atoms with Gasteiger partial charge < -0.3 is 5.11 Å². The minimum Gasteiger partial charge on any atom is -0.390 e. The van der Waals surface area contributed by atoms with Crippen molar-refractivity contribution < 1.29 is 5.11 Å². The number of hydrogen-bond donors (Lipinski definition) is 1. The van der Waals surface area contributed by atoms with Crippen LogP contribution in [0.25, 0.3) is 0 Å². The average molecular weight is 250 g/mol. The smallest absolute Gasteiger partial charge is 0.0625 e. The quantitative estimate of drug-likeness (QED) is 0.676. The molecule has 5 atom stereocenters. The first-order valence-corrected chi connectivity index (χ1v) is 7.97. The third-order valence-corrected chi connectivity index (χ3v) is 6.88. The summed E-state index contributed by atoms with van der Waals surface area (Å²) in [6, 6.07) is 0. The second-order valence-electron chi connectivity index (χ2n) is 8.75. The van der Waals surface area contributed by atoms with Gasteiger partial charge in [-0.05, 0) is 74.0 Å². The Labute approximate surface area is 112 Å². The zero-order chi connectivity index (χ0) is 13.2. The average Bonchev–Trinajstić information content (AvgIpc) is 2.52. The molecule has 18 heavy (non-hydrogen) atoms. The second kappa shape index (κ2) is 3.75. The molecule has 3 aliphatic rings. The molecule has 3 rings (SSSR count). The Hall–Kier alpha value is -0.0400. The van der Waals surface area contributed by atoms with Crippen molar-refractivity contribution in [2.75, 3.05) is 0 Å². The predicted octanol–water partition coefficient (Wildman–Crippen LogP) is 4.39. The van der Waals surface area contributed by atoms with Gasteiger partial charge >= 0.3 is 0 Å². The van der Waals surface area contributed by atoms with Crippen LogP contribution < -0.4 is 0 Å². The summed E-state index contributed by atoms with van der Waals surface area (Å²) in [7, 11) is 0. The maximum absolute atomic E-state index is 10.5. The molecule has 0 aromatic carbocycles. The van der Waals surface area contributed by atoms with Gasteiger partial charge in [-0.3, -0.25) is 0 Å². The van der Waals surface area contributed by atoms with Crippen LogP contribution in [0.5, 0.6) is 0 Å². The summed E-state index contributed by atoms with van der Waals surface area (Å²) in [5.74, 6) is 2.47. The van der Waals surface area contributed by atoms with Crippen molar-refractivity contribution in [2.24, 2.45) is 28.6 Å². The van der Waals surface area contributed by atoms with Crippen LogP contribution >= 0.6 is 0 Å². The highest BCUT2D eigenvalue weighted by molar-refractivity contribution is 5.08. The molecule has 3 aliphatic carbocycles. The molecule has 3 fully saturated rings. The molecule has 1 heteroatoms. The van der Waals surface area contributed by atoms with Crippen molar-refractivity contribution in [2.45, 2.75) is 78.2 Å². The first-order chi connectivity index (χ1) is 8.25. The molecule has 0 amide bonds. The van der Waals surface area contributed by atoms with Gasteiger partial charge in [-0.15, -0.1) is 0 Å². The molecule has 1 nitrogen and oxygen atoms in total. The van der Waals surface area contributed by atoms with Crippen LogP contribution in [-0.2, 0) is 0 Å². The van der Waals surface area contributed by atoms with Gasteiger partial charge in [-0.2, -0.15) is 0 Å². The summed E-state index contributed by atoms with van der Waals surface area (Å²) in [4.78, 5) is 0. The molecule has 0 aromatic rings. The summed E-state index contributed by atoms with van der Waals surface area (Å²) in [6.07, 6.45) is 9.08. The van der Waals surface area contributed by atoms with Gasteiger partial charge in [0, 0.05) is 0 Å². The molecule has 0 aliphatic heterocycles. The molecule has 0 saturated heterocycles. The molecular formula is C17H30O. The van der Waals surface area contributed by atoms with E-state index < -0.39 is 0 Å². The third-order valence-electron chi connectivity index (χ3n) is 6.88. The van der Waals surface area contributed by atoms with E-state index in [1.54, 1.807) is 0 Å². The molecule has 3 saturated carbocycles. The SMILES string of the molecule is CC1(C)CCC[C@]2(C)[C@H]3C[C@@](C)(O)C[C@H]3CC[C@@H]12. The summed E-state index contributed by atoms with van der Waals surface area (Å²) in [5, 5.41) is 10.5. The lowest BCUT2D eigenvalue weighted by Gasteiger charge is -2.58. The Kier molecular flexibility index (Phi) is 2.70. The maximum atomic E-state index is 10.5. The van der Waals surface area contributed by atoms with Gasteiger partial charge in [0.2, 0.25) is 0 Å². The summed E-state index contributed by atoms with van der Waals surface area (Å²) in [6.45, 7) is 9.60. The van der Waals surface area contributed by atoms with Gasteiger partial charge in [0.05, 0.1) is 5.60 Å². The van der Waals surface area contributed by atoms with E-state index in [0.29, 0.717) is 10.8 Å². The lowest BCUT2D eigenvalue weighted by Crippen LogP contribution is -2.50. The third kappa shape index (κ3) is 1.77. The van der Waals surface area contributed by atoms with Crippen LogP contribution in [-0.4, -0.2) is 10.7 Å². The summed E-state index contributed by atoms with van der Waals surface area (Å²) in [5.41, 5.74) is 0.645. The van der Waals surface area contributed by atoms with E-state index in [0.717, 1.165) is 30.6 Å². The van der Waals surface area contributed by atoms with Crippen LogP contribution in [0.15, 0.2) is 0 Å². The van der Waals surface area contributed by atoms with E-state index in [1.807, 2.05) is 0 Å². The molecule has 0 bridgehead atoms. The van der Waals surface area contributed by atoms with Gasteiger partial charge in [0.1, 0.15) is 0 Å². The van der Waals surface area contributed by atoms with Crippen molar-refractivity contribution in [3.63, 3.8) is 0 Å². The molecule has 0 spiro atoms. The molecule has 0 radical (unpaired) electrons. The Morgan fingerprint density at radius 2 is 1.67 bits per heavy atom. The van der Waals surface area contributed by atoms with Crippen LogP contribution in [0.4, 0.5) is 0 Å². The van der Waals surface area contributed by atoms with E-state index in [9.17, 15) is 5.11 Å². The van der Waals surface area contributed by atoms with Crippen molar-refractivity contribution in [3.8, 4) is 0 Å². The number of fused-ring (bicyclic) bond motifs is 3. The largest absolute Gasteiger partial charge is 0.390 e. The van der Waals surface area contributed by atoms with Crippen LogP contribution in [0.3, 0.4) is 0 Å². The Morgan fingerprint density at radius 3 is 2.39 bits per heavy atom. The van der Waals surface area contributed by atoms with Gasteiger partial charge in [-0.1, -0.05) is 27.2 Å². The fourth-order valence-electron chi connectivity index (χ4n) is 6.22. The van der Waals surface area contributed by atoms with Crippen molar-refractivity contribution in [1.82, 2.24) is 0 Å². The monoisotopic (exact) mass is 250 g/mol. The fourth-order valence-corrected chi connectivity index (χ4v) is 6.22. The molecule has 0 heterocycles. The molecular weight excluding hydrogens is 220 g/mol. The molecule has 104 valence electrons. The lowest BCUT2D eigenvalue weighted by atomic mass is 9.47. The first kappa shape index (κ1) is 13.0. The minimum absolute atomic E-state index is 0.380. The van der Waals surface area contributed by atoms with Gasteiger partial charge in [0.25, 0.3) is 0 Å². The van der Waals surface area contributed by atoms with Crippen LogP contribution in [0.1, 0.15) is 72.6 Å². The van der Waals surface area contributed by atoms with Gasteiger partial charge in [0.15, 0.2) is 0 Å². The topological polar surface area (TPSA) is 20.2 Å². The lowest BCUT2D eigenvalue weighted by molar-refractivity contribution is -0.0895. The summed E-state index contributed by atoms with van der Waals surface area (Å²) < 4.78 is 0. The zero-order valence-electron chi connectivity index (χ0n) is 12.6. The van der Waals surface area contributed by atoms with E-state index in [1.165, 1.54) is 32.1 Å². The first-order valence-electron chi connectivity index (χ1n) is 7.97. The Bertz CT molecular complexity index is 344. The number of rotatable bonds is 0. The predicted molar refractivity (Wildman–Crippen MR) is 75.3 cm³/mol. The second-order valence-corrected chi connectivity index (χ2v) is 8.75. The molecule has 0 aromatic heterocycles. The highest BCUT2D eigenvalue weighted by atomic mass is 16.3. The van der Waals surface area contributed by atoms with Crippen LogP contribution in [0, 0.1) is 28.6 Å². The maximum Gasteiger partial charge on any atom is 0.0625 e. The van der Waals surface area contributed by atoms with Crippen molar-refractivity contribution in [3.05, 3.63) is 0 Å². The standard InChI is InChI=1S/C17H30O/c1-15(2)8-5-9-17(4)13-11-16(3,18)10-12(13)6-7-14(15)17/h12-14,18H,5-11H2,1-4H3/t12-,13+,14+,16+,17-/m1/s1. The van der Waals surface area contributed by atoms with Crippen molar-refractivity contribution >= 4 is 0 Å². The fraction of sp³-hybridized carbons (Fsp3) is 1.00. The van der Waals surface area contributed by atoms with E-state index in [4.69, 9.17) is 0 Å².